The van der Waals surface area contributed by atoms with Crippen LogP contribution in [0.15, 0.2) is 22.7 Å². The van der Waals surface area contributed by atoms with Gasteiger partial charge in [0.05, 0.1) is 5.56 Å². The van der Waals surface area contributed by atoms with Gasteiger partial charge in [0.25, 0.3) is 0 Å². The Hall–Kier alpha value is -0.830. The highest BCUT2D eigenvalue weighted by Crippen LogP contribution is 2.26. The summed E-state index contributed by atoms with van der Waals surface area (Å²) in [6, 6.07) is 5.18. The van der Waals surface area contributed by atoms with Gasteiger partial charge in [-0.1, -0.05) is 42.8 Å². The summed E-state index contributed by atoms with van der Waals surface area (Å²) in [5.74, 6) is -0.891. The van der Waals surface area contributed by atoms with Crippen LogP contribution in [0.25, 0.3) is 0 Å². The first kappa shape index (κ1) is 12.2. The Labute approximate surface area is 98.4 Å². The number of aromatic carboxylic acids is 1. The molecule has 0 aliphatic heterocycles. The summed E-state index contributed by atoms with van der Waals surface area (Å²) in [5.41, 5.74) is 1.67. The van der Waals surface area contributed by atoms with Crippen molar-refractivity contribution in [3.05, 3.63) is 33.8 Å². The number of benzene rings is 1. The standard InChI is InChI=1S/C12H15BrO2/c1-12(2,3)7-9-5-4-8(11(14)15)6-10(9)13/h4-6H,7H2,1-3H3,(H,14,15). The zero-order valence-corrected chi connectivity index (χ0v) is 10.8. The zero-order chi connectivity index (χ0) is 11.6. The zero-order valence-electron chi connectivity index (χ0n) is 9.17. The predicted octanol–water partition coefficient (Wildman–Crippen LogP) is 3.74. The minimum Gasteiger partial charge on any atom is -0.478 e. The molecule has 82 valence electrons. The van der Waals surface area contributed by atoms with E-state index in [-0.39, 0.29) is 5.41 Å². The summed E-state index contributed by atoms with van der Waals surface area (Å²) < 4.78 is 0.873. The molecule has 0 saturated heterocycles. The van der Waals surface area contributed by atoms with Crippen molar-refractivity contribution in [3.8, 4) is 0 Å². The van der Waals surface area contributed by atoms with E-state index in [1.54, 1.807) is 12.1 Å². The van der Waals surface area contributed by atoms with Gasteiger partial charge in [-0.2, -0.15) is 0 Å². The van der Waals surface area contributed by atoms with Crippen molar-refractivity contribution in [2.45, 2.75) is 27.2 Å². The SMILES string of the molecule is CC(C)(C)Cc1ccc(C(=O)O)cc1Br. The largest absolute Gasteiger partial charge is 0.478 e. The number of carboxylic acid groups (broad SMARTS) is 1. The van der Waals surface area contributed by atoms with Crippen LogP contribution in [0.1, 0.15) is 36.7 Å². The topological polar surface area (TPSA) is 37.3 Å². The third-order valence-electron chi connectivity index (χ3n) is 2.02. The summed E-state index contributed by atoms with van der Waals surface area (Å²) >= 11 is 3.40. The average Bonchev–Trinajstić information content (AvgIpc) is 2.05. The van der Waals surface area contributed by atoms with Gasteiger partial charge in [-0.05, 0) is 29.5 Å². The first-order valence-corrected chi connectivity index (χ1v) is 5.60. The second-order valence-electron chi connectivity index (χ2n) is 4.85. The van der Waals surface area contributed by atoms with Gasteiger partial charge in [0, 0.05) is 4.47 Å². The van der Waals surface area contributed by atoms with Crippen LogP contribution in [0.4, 0.5) is 0 Å². The Balaban J connectivity index is 2.99. The second-order valence-corrected chi connectivity index (χ2v) is 5.70. The molecule has 2 nitrogen and oxygen atoms in total. The fraction of sp³-hybridized carbons (Fsp3) is 0.417. The van der Waals surface area contributed by atoms with E-state index in [1.807, 2.05) is 6.07 Å². The Kier molecular flexibility index (Phi) is 3.55. The van der Waals surface area contributed by atoms with Crippen molar-refractivity contribution in [1.82, 2.24) is 0 Å². The van der Waals surface area contributed by atoms with Crippen molar-refractivity contribution >= 4 is 21.9 Å². The first-order valence-electron chi connectivity index (χ1n) is 4.81. The smallest absolute Gasteiger partial charge is 0.335 e. The van der Waals surface area contributed by atoms with Crippen LogP contribution in [0.2, 0.25) is 0 Å². The molecule has 0 radical (unpaired) electrons. The van der Waals surface area contributed by atoms with Crippen molar-refractivity contribution in [3.63, 3.8) is 0 Å². The molecule has 0 unspecified atom stereocenters. The molecule has 0 aromatic heterocycles. The molecule has 0 fully saturated rings. The van der Waals surface area contributed by atoms with Gasteiger partial charge in [-0.25, -0.2) is 4.79 Å². The van der Waals surface area contributed by atoms with E-state index < -0.39 is 5.97 Å². The lowest BCUT2D eigenvalue weighted by Crippen LogP contribution is -2.10. The van der Waals surface area contributed by atoms with Crippen molar-refractivity contribution < 1.29 is 9.90 Å². The summed E-state index contributed by atoms with van der Waals surface area (Å²) in [6.45, 7) is 6.47. The van der Waals surface area contributed by atoms with Gasteiger partial charge in [-0.3, -0.25) is 0 Å². The summed E-state index contributed by atoms with van der Waals surface area (Å²) in [7, 11) is 0. The summed E-state index contributed by atoms with van der Waals surface area (Å²) in [5, 5.41) is 8.81. The lowest BCUT2D eigenvalue weighted by atomic mass is 9.88. The molecule has 0 aliphatic carbocycles. The number of hydrogen-bond donors (Lipinski definition) is 1. The lowest BCUT2D eigenvalue weighted by Gasteiger charge is -2.19. The van der Waals surface area contributed by atoms with Crippen LogP contribution in [0, 0.1) is 5.41 Å². The number of carbonyl (C=O) groups is 1. The average molecular weight is 271 g/mol. The fourth-order valence-electron chi connectivity index (χ4n) is 1.40. The molecule has 0 heterocycles. The molecule has 0 spiro atoms. The normalized spacial score (nSPS) is 11.5. The van der Waals surface area contributed by atoms with E-state index in [4.69, 9.17) is 5.11 Å². The second kappa shape index (κ2) is 4.35. The third kappa shape index (κ3) is 3.67. The lowest BCUT2D eigenvalue weighted by molar-refractivity contribution is 0.0697. The van der Waals surface area contributed by atoms with Crippen LogP contribution >= 0.6 is 15.9 Å². The van der Waals surface area contributed by atoms with Gasteiger partial charge in [0.15, 0.2) is 0 Å². The first-order chi connectivity index (χ1) is 6.79. The minimum absolute atomic E-state index is 0.202. The van der Waals surface area contributed by atoms with Crippen LogP contribution in [0.5, 0.6) is 0 Å². The summed E-state index contributed by atoms with van der Waals surface area (Å²) in [4.78, 5) is 10.7. The van der Waals surface area contributed by atoms with E-state index in [9.17, 15) is 4.79 Å². The maximum Gasteiger partial charge on any atom is 0.335 e. The highest BCUT2D eigenvalue weighted by atomic mass is 79.9. The molecule has 0 amide bonds. The summed E-state index contributed by atoms with van der Waals surface area (Å²) in [6.07, 6.45) is 0.924. The Morgan fingerprint density at radius 2 is 2.00 bits per heavy atom. The monoisotopic (exact) mass is 270 g/mol. The molecule has 1 aromatic rings. The Morgan fingerprint density at radius 3 is 2.40 bits per heavy atom. The van der Waals surface area contributed by atoms with Crippen molar-refractivity contribution in [2.24, 2.45) is 5.41 Å². The number of halogens is 1. The number of carboxylic acids is 1. The van der Waals surface area contributed by atoms with Crippen LogP contribution < -0.4 is 0 Å². The molecule has 15 heavy (non-hydrogen) atoms. The fourth-order valence-corrected chi connectivity index (χ4v) is 1.91. The molecule has 1 rings (SSSR count). The third-order valence-corrected chi connectivity index (χ3v) is 2.76. The van der Waals surface area contributed by atoms with Crippen molar-refractivity contribution in [1.29, 1.82) is 0 Å². The maximum absolute atomic E-state index is 10.7. The van der Waals surface area contributed by atoms with Crippen LogP contribution in [-0.4, -0.2) is 11.1 Å². The van der Waals surface area contributed by atoms with E-state index in [2.05, 4.69) is 36.7 Å². The highest BCUT2D eigenvalue weighted by Gasteiger charge is 2.14. The molecule has 1 aromatic carbocycles. The van der Waals surface area contributed by atoms with Gasteiger partial charge < -0.3 is 5.11 Å². The van der Waals surface area contributed by atoms with Gasteiger partial charge in [0.1, 0.15) is 0 Å². The molecule has 3 heteroatoms. The van der Waals surface area contributed by atoms with E-state index in [0.29, 0.717) is 5.56 Å². The Morgan fingerprint density at radius 1 is 1.40 bits per heavy atom. The molecule has 0 aliphatic rings. The van der Waals surface area contributed by atoms with Gasteiger partial charge in [0.2, 0.25) is 0 Å². The Bertz CT molecular complexity index is 378. The molecule has 1 N–H and O–H groups in total. The maximum atomic E-state index is 10.7. The predicted molar refractivity (Wildman–Crippen MR) is 64.3 cm³/mol. The van der Waals surface area contributed by atoms with E-state index in [0.717, 1.165) is 16.5 Å². The molecular formula is C12H15BrO2. The van der Waals surface area contributed by atoms with E-state index in [1.165, 1.54) is 0 Å². The van der Waals surface area contributed by atoms with Crippen molar-refractivity contribution in [2.75, 3.05) is 0 Å². The van der Waals surface area contributed by atoms with Gasteiger partial charge >= 0.3 is 5.97 Å². The molecule has 0 bridgehead atoms. The molecular weight excluding hydrogens is 256 g/mol. The van der Waals surface area contributed by atoms with Crippen LogP contribution in [-0.2, 0) is 6.42 Å². The number of rotatable bonds is 2. The van der Waals surface area contributed by atoms with Gasteiger partial charge in [-0.15, -0.1) is 0 Å². The highest BCUT2D eigenvalue weighted by molar-refractivity contribution is 9.10. The van der Waals surface area contributed by atoms with Crippen LogP contribution in [0.3, 0.4) is 0 Å². The number of hydrogen-bond acceptors (Lipinski definition) is 1. The molecule has 0 saturated carbocycles. The quantitative estimate of drug-likeness (QED) is 0.889. The molecule has 0 atom stereocenters. The van der Waals surface area contributed by atoms with E-state index >= 15 is 0 Å². The minimum atomic E-state index is -0.891.